The summed E-state index contributed by atoms with van der Waals surface area (Å²) in [4.78, 5) is 9.61. The summed E-state index contributed by atoms with van der Waals surface area (Å²) >= 11 is 12.1. The second-order valence-corrected chi connectivity index (χ2v) is 9.44. The Balaban J connectivity index is 1.71. The minimum atomic E-state index is -4.16. The lowest BCUT2D eigenvalue weighted by atomic mass is 9.94. The maximum atomic E-state index is 11.4. The Bertz CT molecular complexity index is 1150. The smallest absolute Gasteiger partial charge is 0.273 e. The second kappa shape index (κ2) is 8.61. The highest BCUT2D eigenvalue weighted by molar-refractivity contribution is 7.83. The van der Waals surface area contributed by atoms with Gasteiger partial charge in [-0.3, -0.25) is 9.54 Å². The van der Waals surface area contributed by atoms with Gasteiger partial charge in [0.2, 0.25) is 0 Å². The topological polar surface area (TPSA) is 83.4 Å². The molecule has 0 bridgehead atoms. The lowest BCUT2D eigenvalue weighted by Crippen LogP contribution is -2.37. The van der Waals surface area contributed by atoms with Crippen molar-refractivity contribution < 1.29 is 13.0 Å². The standard InChI is InChI=1S/C21H19Cl2N3O3S/c22-17-5-1-15(2-6-17)20-21(16-3-7-18(23)8-4-16)25-19(13-24-20)14-9-11-26(12-10-14)30(27,28)29/h1-8,13-14H,9-12H2,(H,27,28,29). The van der Waals surface area contributed by atoms with Crippen LogP contribution in [0.5, 0.6) is 0 Å². The summed E-state index contributed by atoms with van der Waals surface area (Å²) in [6.45, 7) is 0.501. The van der Waals surface area contributed by atoms with E-state index in [0.29, 0.717) is 22.9 Å². The Morgan fingerprint density at radius 2 is 1.37 bits per heavy atom. The predicted molar refractivity (Wildman–Crippen MR) is 118 cm³/mol. The molecule has 4 rings (SSSR count). The molecule has 1 fully saturated rings. The van der Waals surface area contributed by atoms with E-state index >= 15 is 0 Å². The predicted octanol–water partition coefficient (Wildman–Crippen LogP) is 5.10. The van der Waals surface area contributed by atoms with Gasteiger partial charge < -0.3 is 0 Å². The summed E-state index contributed by atoms with van der Waals surface area (Å²) in [5.74, 6) is 0.0563. The highest BCUT2D eigenvalue weighted by Crippen LogP contribution is 2.34. The van der Waals surface area contributed by atoms with Crippen LogP contribution in [0.2, 0.25) is 10.0 Å². The summed E-state index contributed by atoms with van der Waals surface area (Å²) in [5.41, 5.74) is 4.03. The zero-order valence-corrected chi connectivity index (χ0v) is 18.2. The number of nitrogens with zero attached hydrogens (tertiary/aromatic N) is 3. The van der Waals surface area contributed by atoms with Gasteiger partial charge in [0.15, 0.2) is 0 Å². The molecular formula is C21H19Cl2N3O3S. The molecule has 2 aromatic carbocycles. The summed E-state index contributed by atoms with van der Waals surface area (Å²) in [7, 11) is -4.16. The van der Waals surface area contributed by atoms with Crippen LogP contribution >= 0.6 is 23.2 Å². The first-order valence-electron chi connectivity index (χ1n) is 9.42. The number of halogens is 2. The summed E-state index contributed by atoms with van der Waals surface area (Å²) in [6, 6.07) is 14.8. The third-order valence-corrected chi connectivity index (χ3v) is 6.75. The largest absolute Gasteiger partial charge is 0.335 e. The molecule has 30 heavy (non-hydrogen) atoms. The van der Waals surface area contributed by atoms with E-state index in [9.17, 15) is 13.0 Å². The van der Waals surface area contributed by atoms with Gasteiger partial charge >= 0.3 is 10.3 Å². The van der Waals surface area contributed by atoms with Crippen molar-refractivity contribution in [3.05, 3.63) is 70.5 Å². The Morgan fingerprint density at radius 3 is 1.87 bits per heavy atom. The number of benzene rings is 2. The number of rotatable bonds is 4. The Labute approximate surface area is 185 Å². The molecule has 0 saturated carbocycles. The van der Waals surface area contributed by atoms with Crippen molar-refractivity contribution in [2.75, 3.05) is 13.1 Å². The summed E-state index contributed by atoms with van der Waals surface area (Å²) < 4.78 is 33.0. The molecule has 1 N–H and O–H groups in total. The van der Waals surface area contributed by atoms with Gasteiger partial charge in [0.05, 0.1) is 17.1 Å². The van der Waals surface area contributed by atoms with Crippen molar-refractivity contribution in [3.8, 4) is 22.5 Å². The molecule has 3 aromatic rings. The fraction of sp³-hybridized carbons (Fsp3) is 0.238. The molecule has 0 aliphatic carbocycles. The third kappa shape index (κ3) is 4.66. The number of hydrogen-bond acceptors (Lipinski definition) is 4. The van der Waals surface area contributed by atoms with Crippen molar-refractivity contribution in [2.24, 2.45) is 0 Å². The summed E-state index contributed by atoms with van der Waals surface area (Å²) in [5, 5.41) is 1.27. The molecule has 0 unspecified atom stereocenters. The molecule has 1 aliphatic rings. The molecule has 1 aromatic heterocycles. The van der Waals surface area contributed by atoms with Crippen LogP contribution in [0.3, 0.4) is 0 Å². The average Bonchev–Trinajstić information content (AvgIpc) is 2.74. The van der Waals surface area contributed by atoms with Crippen LogP contribution in [0.4, 0.5) is 0 Å². The Kier molecular flexibility index (Phi) is 6.09. The monoisotopic (exact) mass is 463 g/mol. The van der Waals surface area contributed by atoms with Crippen molar-refractivity contribution in [3.63, 3.8) is 0 Å². The van der Waals surface area contributed by atoms with Crippen molar-refractivity contribution >= 4 is 33.5 Å². The van der Waals surface area contributed by atoms with Gasteiger partial charge in [-0.25, -0.2) is 4.98 Å². The number of hydrogen-bond donors (Lipinski definition) is 1. The van der Waals surface area contributed by atoms with E-state index in [4.69, 9.17) is 33.2 Å². The fourth-order valence-corrected chi connectivity index (χ4v) is 4.53. The van der Waals surface area contributed by atoms with Crippen LogP contribution < -0.4 is 0 Å². The van der Waals surface area contributed by atoms with Crippen LogP contribution in [0, 0.1) is 0 Å². The molecule has 1 saturated heterocycles. The molecule has 156 valence electrons. The van der Waals surface area contributed by atoms with Crippen LogP contribution in [-0.4, -0.2) is 40.3 Å². The van der Waals surface area contributed by atoms with Crippen LogP contribution in [-0.2, 0) is 10.3 Å². The minimum Gasteiger partial charge on any atom is -0.273 e. The average molecular weight is 464 g/mol. The second-order valence-electron chi connectivity index (χ2n) is 7.16. The molecular weight excluding hydrogens is 445 g/mol. The first-order chi connectivity index (χ1) is 14.3. The van der Waals surface area contributed by atoms with Gasteiger partial charge in [-0.2, -0.15) is 12.7 Å². The van der Waals surface area contributed by atoms with Gasteiger partial charge in [0, 0.05) is 46.4 Å². The molecule has 9 heteroatoms. The molecule has 0 amide bonds. The Morgan fingerprint density at radius 1 is 0.867 bits per heavy atom. The fourth-order valence-electron chi connectivity index (χ4n) is 3.61. The molecule has 1 aliphatic heterocycles. The van der Waals surface area contributed by atoms with E-state index in [1.807, 2.05) is 48.5 Å². The first-order valence-corrected chi connectivity index (χ1v) is 11.6. The number of aromatic nitrogens is 2. The normalized spacial score (nSPS) is 16.0. The van der Waals surface area contributed by atoms with Crippen molar-refractivity contribution in [1.82, 2.24) is 14.3 Å². The number of piperidine rings is 1. The summed E-state index contributed by atoms with van der Waals surface area (Å²) in [6.07, 6.45) is 2.88. The maximum absolute atomic E-state index is 11.4. The molecule has 2 heterocycles. The van der Waals surface area contributed by atoms with E-state index in [-0.39, 0.29) is 19.0 Å². The van der Waals surface area contributed by atoms with E-state index < -0.39 is 10.3 Å². The highest BCUT2D eigenvalue weighted by Gasteiger charge is 2.28. The molecule has 0 radical (unpaired) electrons. The van der Waals surface area contributed by atoms with Gasteiger partial charge in [-0.15, -0.1) is 0 Å². The lowest BCUT2D eigenvalue weighted by molar-refractivity contribution is 0.287. The van der Waals surface area contributed by atoms with E-state index in [0.717, 1.165) is 32.5 Å². The van der Waals surface area contributed by atoms with Crippen molar-refractivity contribution in [2.45, 2.75) is 18.8 Å². The molecule has 0 atom stereocenters. The minimum absolute atomic E-state index is 0.0563. The van der Waals surface area contributed by atoms with Gasteiger partial charge in [-0.1, -0.05) is 47.5 Å². The quantitative estimate of drug-likeness (QED) is 0.544. The zero-order chi connectivity index (χ0) is 21.3. The van der Waals surface area contributed by atoms with Gasteiger partial charge in [-0.05, 0) is 37.1 Å². The highest BCUT2D eigenvalue weighted by atomic mass is 35.5. The van der Waals surface area contributed by atoms with Gasteiger partial charge in [0.1, 0.15) is 0 Å². The SMILES string of the molecule is O=S(=O)(O)N1CCC(c2cnc(-c3ccc(Cl)cc3)c(-c3ccc(Cl)cc3)n2)CC1. The van der Waals surface area contributed by atoms with E-state index in [2.05, 4.69) is 0 Å². The van der Waals surface area contributed by atoms with Crippen LogP contribution in [0.25, 0.3) is 22.5 Å². The molecule has 0 spiro atoms. The Hall–Kier alpha value is -2.03. The van der Waals surface area contributed by atoms with Crippen molar-refractivity contribution in [1.29, 1.82) is 0 Å². The zero-order valence-electron chi connectivity index (χ0n) is 15.9. The van der Waals surface area contributed by atoms with Gasteiger partial charge in [0.25, 0.3) is 0 Å². The lowest BCUT2D eigenvalue weighted by Gasteiger charge is -2.29. The third-order valence-electron chi connectivity index (χ3n) is 5.22. The van der Waals surface area contributed by atoms with E-state index in [1.165, 1.54) is 0 Å². The molecule has 6 nitrogen and oxygen atoms in total. The van der Waals surface area contributed by atoms with Crippen LogP contribution in [0.1, 0.15) is 24.5 Å². The van der Waals surface area contributed by atoms with Crippen LogP contribution in [0.15, 0.2) is 54.7 Å². The first kappa shape index (κ1) is 21.2. The maximum Gasteiger partial charge on any atom is 0.335 e. The van der Waals surface area contributed by atoms with E-state index in [1.54, 1.807) is 6.20 Å².